The third-order valence-electron chi connectivity index (χ3n) is 4.56. The Hall–Kier alpha value is -2.70. The molecule has 7 heteroatoms. The van der Waals surface area contributed by atoms with Gasteiger partial charge in [-0.3, -0.25) is 9.78 Å². The molecule has 30 heavy (non-hydrogen) atoms. The molecular weight excluding hydrogens is 411 g/mol. The first-order valence-corrected chi connectivity index (χ1v) is 9.18. The van der Waals surface area contributed by atoms with E-state index in [0.717, 1.165) is 21.9 Å². The third-order valence-corrected chi connectivity index (χ3v) is 4.80. The van der Waals surface area contributed by atoms with Crippen molar-refractivity contribution in [2.45, 2.75) is 0 Å². The Bertz CT molecular complexity index is 1250. The summed E-state index contributed by atoms with van der Waals surface area (Å²) in [5.74, 6) is -1.58. The van der Waals surface area contributed by atoms with Crippen molar-refractivity contribution in [3.05, 3.63) is 95.3 Å². The van der Waals surface area contributed by atoms with Crippen LogP contribution in [0, 0.1) is 0 Å². The molecule has 0 bridgehead atoms. The fourth-order valence-electron chi connectivity index (χ4n) is 3.17. The number of aromatic carboxylic acids is 1. The van der Waals surface area contributed by atoms with Crippen LogP contribution in [-0.4, -0.2) is 51.5 Å². The van der Waals surface area contributed by atoms with Crippen LogP contribution in [-0.2, 0) is 0 Å². The number of carboxylic acids is 1. The maximum atomic E-state index is 12.8. The molecule has 0 spiro atoms. The van der Waals surface area contributed by atoms with Crippen molar-refractivity contribution in [2.24, 2.45) is 0 Å². The molecule has 1 heterocycles. The van der Waals surface area contributed by atoms with E-state index >= 15 is 0 Å². The molecule has 0 saturated heterocycles. The Morgan fingerprint density at radius 1 is 0.933 bits per heavy atom. The van der Waals surface area contributed by atoms with Gasteiger partial charge in [-0.05, 0) is 41.3 Å². The van der Waals surface area contributed by atoms with Gasteiger partial charge in [-0.15, -0.1) is 0 Å². The zero-order chi connectivity index (χ0) is 20.4. The number of carbonyl (C=O) groups excluding carboxylic acids is 1. The number of benzene rings is 3. The van der Waals surface area contributed by atoms with Gasteiger partial charge in [0.15, 0.2) is 0 Å². The van der Waals surface area contributed by atoms with Gasteiger partial charge in [-0.1, -0.05) is 48.0 Å². The molecular formula is C23H16ClN2NaO3. The first-order valence-electron chi connectivity index (χ1n) is 8.80. The summed E-state index contributed by atoms with van der Waals surface area (Å²) in [5.41, 5.74) is 2.28. The second-order valence-electron chi connectivity index (χ2n) is 6.44. The van der Waals surface area contributed by atoms with E-state index in [4.69, 9.17) is 11.6 Å². The van der Waals surface area contributed by atoms with Crippen LogP contribution in [0.3, 0.4) is 0 Å². The summed E-state index contributed by atoms with van der Waals surface area (Å²) in [4.78, 5) is 28.5. The van der Waals surface area contributed by atoms with Gasteiger partial charge in [-0.2, -0.15) is 0 Å². The number of anilines is 1. The summed E-state index contributed by atoms with van der Waals surface area (Å²) >= 11 is 5.87. The van der Waals surface area contributed by atoms with Crippen molar-refractivity contribution >= 4 is 69.5 Å². The van der Waals surface area contributed by atoms with Crippen LogP contribution < -0.4 is 5.32 Å². The number of aromatic nitrogens is 1. The van der Waals surface area contributed by atoms with Gasteiger partial charge >= 0.3 is 35.5 Å². The third kappa shape index (κ3) is 4.55. The summed E-state index contributed by atoms with van der Waals surface area (Å²) in [7, 11) is 0. The van der Waals surface area contributed by atoms with Gasteiger partial charge < -0.3 is 10.4 Å². The van der Waals surface area contributed by atoms with Crippen LogP contribution in [0.2, 0.25) is 5.02 Å². The molecule has 2 N–H and O–H groups in total. The number of fused-ring (bicyclic) bond motifs is 1. The number of carbonyl (C=O) groups is 2. The number of carboxylic acid groups (broad SMARTS) is 1. The second kappa shape index (κ2) is 9.41. The zero-order valence-corrected chi connectivity index (χ0v) is 15.9. The predicted octanol–water partition coefficient (Wildman–Crippen LogP) is 4.86. The van der Waals surface area contributed by atoms with Crippen LogP contribution in [0.4, 0.5) is 5.69 Å². The molecule has 0 aliphatic rings. The summed E-state index contributed by atoms with van der Waals surface area (Å²) < 4.78 is 0. The van der Waals surface area contributed by atoms with Gasteiger partial charge in [-0.25, -0.2) is 4.79 Å². The molecule has 0 unspecified atom stereocenters. The van der Waals surface area contributed by atoms with Gasteiger partial charge in [0.25, 0.3) is 5.91 Å². The Morgan fingerprint density at radius 3 is 2.53 bits per heavy atom. The number of nitrogens with zero attached hydrogens (tertiary/aromatic N) is 1. The summed E-state index contributed by atoms with van der Waals surface area (Å²) in [6.45, 7) is 0. The fourth-order valence-corrected chi connectivity index (χ4v) is 3.34. The first kappa shape index (κ1) is 22.0. The van der Waals surface area contributed by atoms with Gasteiger partial charge in [0.1, 0.15) is 0 Å². The number of nitrogens with one attached hydrogen (secondary N) is 1. The monoisotopic (exact) mass is 426 g/mol. The number of pyridine rings is 1. The normalized spacial score (nSPS) is 10.3. The van der Waals surface area contributed by atoms with Crippen molar-refractivity contribution in [3.63, 3.8) is 0 Å². The number of hydrogen-bond acceptors (Lipinski definition) is 3. The molecule has 4 aromatic rings. The molecule has 5 nitrogen and oxygen atoms in total. The van der Waals surface area contributed by atoms with E-state index in [-0.39, 0.29) is 45.8 Å². The van der Waals surface area contributed by atoms with E-state index in [0.29, 0.717) is 5.56 Å². The van der Waals surface area contributed by atoms with Gasteiger partial charge in [0, 0.05) is 33.9 Å². The average Bonchev–Trinajstić information content (AvgIpc) is 2.74. The molecule has 0 radical (unpaired) electrons. The Kier molecular flexibility index (Phi) is 6.90. The van der Waals surface area contributed by atoms with Gasteiger partial charge in [0.05, 0.1) is 11.3 Å². The molecule has 1 amide bonds. The van der Waals surface area contributed by atoms with E-state index in [1.54, 1.807) is 30.6 Å². The van der Waals surface area contributed by atoms with Crippen LogP contribution >= 0.6 is 11.6 Å². The molecule has 0 aliphatic heterocycles. The second-order valence-corrected chi connectivity index (χ2v) is 6.87. The van der Waals surface area contributed by atoms with Crippen molar-refractivity contribution in [1.29, 1.82) is 0 Å². The van der Waals surface area contributed by atoms with E-state index in [9.17, 15) is 14.7 Å². The van der Waals surface area contributed by atoms with E-state index < -0.39 is 11.9 Å². The van der Waals surface area contributed by atoms with E-state index in [1.165, 1.54) is 18.2 Å². The standard InChI is InChI=1S/C23H15ClN2O3.Na.H/c24-17-8-9-21(19(11-17)23(28)29)26-22(27)15-6-3-5-14(10-15)20-13-25-12-16-4-1-2-7-18(16)20;;/h1-13H,(H,26,27)(H,28,29);;. The molecule has 0 aliphatic carbocycles. The predicted molar refractivity (Wildman–Crippen MR) is 121 cm³/mol. The molecule has 1 aromatic heterocycles. The Balaban J connectivity index is 0.00000256. The van der Waals surface area contributed by atoms with Crippen LogP contribution in [0.5, 0.6) is 0 Å². The van der Waals surface area contributed by atoms with Crippen LogP contribution in [0.15, 0.2) is 79.1 Å². The molecule has 0 saturated carbocycles. The van der Waals surface area contributed by atoms with Crippen LogP contribution in [0.1, 0.15) is 20.7 Å². The minimum atomic E-state index is -1.17. The minimum absolute atomic E-state index is 0. The Morgan fingerprint density at radius 2 is 1.73 bits per heavy atom. The summed E-state index contributed by atoms with van der Waals surface area (Å²) in [6.07, 6.45) is 3.56. The number of hydrogen-bond donors (Lipinski definition) is 2. The number of amides is 1. The molecule has 0 fully saturated rings. The van der Waals surface area contributed by atoms with Gasteiger partial charge in [0.2, 0.25) is 0 Å². The SMILES string of the molecule is O=C(Nc1ccc(Cl)cc1C(=O)O)c1cccc(-c2cncc3ccccc23)c1.[NaH]. The maximum absolute atomic E-state index is 12.8. The summed E-state index contributed by atoms with van der Waals surface area (Å²) in [5, 5.41) is 14.3. The molecule has 144 valence electrons. The van der Waals surface area contributed by atoms with Crippen molar-refractivity contribution < 1.29 is 14.7 Å². The zero-order valence-electron chi connectivity index (χ0n) is 15.1. The summed E-state index contributed by atoms with van der Waals surface area (Å²) in [6, 6.07) is 19.3. The van der Waals surface area contributed by atoms with Crippen LogP contribution in [0.25, 0.3) is 21.9 Å². The molecule has 3 aromatic carbocycles. The topological polar surface area (TPSA) is 79.3 Å². The van der Waals surface area contributed by atoms with E-state index in [2.05, 4.69) is 10.3 Å². The Labute approximate surface area is 200 Å². The quantitative estimate of drug-likeness (QED) is 0.457. The van der Waals surface area contributed by atoms with Crippen molar-refractivity contribution in [1.82, 2.24) is 4.98 Å². The molecule has 4 rings (SSSR count). The molecule has 0 atom stereocenters. The fraction of sp³-hybridized carbons (Fsp3) is 0. The average molecular weight is 427 g/mol. The van der Waals surface area contributed by atoms with Crippen molar-refractivity contribution in [2.75, 3.05) is 5.32 Å². The van der Waals surface area contributed by atoms with Crippen molar-refractivity contribution in [3.8, 4) is 11.1 Å². The number of halogens is 1. The first-order chi connectivity index (χ1) is 14.0. The van der Waals surface area contributed by atoms with E-state index in [1.807, 2.05) is 30.3 Å². The number of rotatable bonds is 4.